The average molecular weight is 566 g/mol. The summed E-state index contributed by atoms with van der Waals surface area (Å²) < 4.78 is 31.4. The summed E-state index contributed by atoms with van der Waals surface area (Å²) in [4.78, 5) is 16.0. The Balaban J connectivity index is 0.00000784. The third kappa shape index (κ3) is 13.4. The van der Waals surface area contributed by atoms with Crippen LogP contribution in [0.25, 0.3) is 0 Å². The standard InChI is InChI=1S/C17H35N5O4S2.HI/c1-5-18-15(19-7-6-8-21-16(23)26-17(2,3)4)20-9-14-28(24,25)22-10-12-27-13-11-22;/h5-14H2,1-4H3,(H,21,23)(H2,18,19,20);1H. The number of halogens is 1. The van der Waals surface area contributed by atoms with E-state index in [1.54, 1.807) is 16.1 Å². The first-order chi connectivity index (χ1) is 13.1. The number of sulfonamides is 1. The maximum Gasteiger partial charge on any atom is 0.407 e. The molecule has 1 amide bonds. The van der Waals surface area contributed by atoms with Gasteiger partial charge < -0.3 is 20.7 Å². The van der Waals surface area contributed by atoms with Crippen LogP contribution in [0.3, 0.4) is 0 Å². The highest BCUT2D eigenvalue weighted by Crippen LogP contribution is 2.13. The minimum atomic E-state index is -3.23. The van der Waals surface area contributed by atoms with E-state index in [9.17, 15) is 13.2 Å². The maximum atomic E-state index is 12.4. The molecule has 0 aromatic heterocycles. The van der Waals surface area contributed by atoms with E-state index < -0.39 is 21.7 Å². The first kappa shape index (κ1) is 28.5. The second-order valence-corrected chi connectivity index (χ2v) is 10.6. The zero-order chi connectivity index (χ0) is 21.0. The SMILES string of the molecule is CCNC(=NCCCNC(=O)OC(C)(C)C)NCCS(=O)(=O)N1CCSCC1.I. The van der Waals surface area contributed by atoms with Gasteiger partial charge in [-0.3, -0.25) is 4.99 Å². The summed E-state index contributed by atoms with van der Waals surface area (Å²) in [5.74, 6) is 2.33. The third-order valence-electron chi connectivity index (χ3n) is 3.63. The van der Waals surface area contributed by atoms with E-state index in [-0.39, 0.29) is 29.7 Å². The molecule has 172 valence electrons. The summed E-state index contributed by atoms with van der Waals surface area (Å²) >= 11 is 1.78. The second-order valence-electron chi connectivity index (χ2n) is 7.30. The Morgan fingerprint density at radius 2 is 1.79 bits per heavy atom. The fourth-order valence-electron chi connectivity index (χ4n) is 2.37. The van der Waals surface area contributed by atoms with E-state index in [0.717, 1.165) is 11.5 Å². The molecule has 0 aromatic rings. The molecule has 1 rings (SSSR count). The minimum absolute atomic E-state index is 0. The molecule has 0 aromatic carbocycles. The molecule has 1 heterocycles. The number of thioether (sulfide) groups is 1. The molecule has 1 aliphatic rings. The van der Waals surface area contributed by atoms with E-state index in [1.807, 2.05) is 27.7 Å². The Bertz CT molecular complexity index is 605. The highest BCUT2D eigenvalue weighted by atomic mass is 127. The molecule has 0 unspecified atom stereocenters. The highest BCUT2D eigenvalue weighted by Gasteiger charge is 2.23. The van der Waals surface area contributed by atoms with E-state index in [0.29, 0.717) is 51.6 Å². The predicted octanol–water partition coefficient (Wildman–Crippen LogP) is 1.45. The van der Waals surface area contributed by atoms with Crippen molar-refractivity contribution in [2.75, 3.05) is 56.5 Å². The first-order valence-electron chi connectivity index (χ1n) is 9.68. The molecule has 0 radical (unpaired) electrons. The van der Waals surface area contributed by atoms with Crippen molar-refractivity contribution in [2.24, 2.45) is 4.99 Å². The Kier molecular flexibility index (Phi) is 14.3. The molecule has 0 aliphatic carbocycles. The zero-order valence-corrected chi connectivity index (χ0v) is 21.8. The van der Waals surface area contributed by atoms with Crippen LogP contribution in [0.4, 0.5) is 4.79 Å². The summed E-state index contributed by atoms with van der Waals surface area (Å²) in [5, 5.41) is 8.84. The van der Waals surface area contributed by atoms with Crippen molar-refractivity contribution < 1.29 is 17.9 Å². The Hall–Kier alpha value is -0.470. The molecule has 1 fully saturated rings. The lowest BCUT2D eigenvalue weighted by molar-refractivity contribution is 0.0527. The largest absolute Gasteiger partial charge is 0.444 e. The van der Waals surface area contributed by atoms with Gasteiger partial charge in [-0.05, 0) is 34.1 Å². The lowest BCUT2D eigenvalue weighted by atomic mass is 10.2. The smallest absolute Gasteiger partial charge is 0.407 e. The van der Waals surface area contributed by atoms with Crippen LogP contribution in [0.2, 0.25) is 0 Å². The van der Waals surface area contributed by atoms with Gasteiger partial charge in [0, 0.05) is 50.8 Å². The van der Waals surface area contributed by atoms with Crippen LogP contribution in [0.1, 0.15) is 34.1 Å². The van der Waals surface area contributed by atoms with E-state index in [1.165, 1.54) is 0 Å². The molecule has 9 nitrogen and oxygen atoms in total. The predicted molar refractivity (Wildman–Crippen MR) is 131 cm³/mol. The average Bonchev–Trinajstić information content (AvgIpc) is 2.60. The topological polar surface area (TPSA) is 112 Å². The van der Waals surface area contributed by atoms with Crippen LogP contribution >= 0.6 is 35.7 Å². The van der Waals surface area contributed by atoms with E-state index >= 15 is 0 Å². The number of ether oxygens (including phenoxy) is 1. The molecule has 0 bridgehead atoms. The number of nitrogens with one attached hydrogen (secondary N) is 3. The van der Waals surface area contributed by atoms with Crippen LogP contribution in [0, 0.1) is 0 Å². The Morgan fingerprint density at radius 3 is 2.38 bits per heavy atom. The number of nitrogens with zero attached hydrogens (tertiary/aromatic N) is 2. The number of hydrogen-bond donors (Lipinski definition) is 3. The molecular formula is C17H36IN5O4S2. The normalized spacial score (nSPS) is 15.9. The first-order valence-corrected chi connectivity index (χ1v) is 12.4. The molecule has 0 spiro atoms. The summed E-state index contributed by atoms with van der Waals surface area (Å²) in [6, 6.07) is 0. The van der Waals surface area contributed by atoms with Crippen molar-refractivity contribution in [3.8, 4) is 0 Å². The minimum Gasteiger partial charge on any atom is -0.444 e. The quantitative estimate of drug-likeness (QED) is 0.168. The number of alkyl carbamates (subject to hydrolysis) is 1. The summed E-state index contributed by atoms with van der Waals surface area (Å²) in [6.45, 7) is 10.5. The number of carbonyl (C=O) groups is 1. The number of aliphatic imine (C=N–C) groups is 1. The number of guanidine groups is 1. The van der Waals surface area contributed by atoms with Crippen LogP contribution < -0.4 is 16.0 Å². The van der Waals surface area contributed by atoms with Crippen LogP contribution in [0.15, 0.2) is 4.99 Å². The molecule has 3 N–H and O–H groups in total. The van der Waals surface area contributed by atoms with E-state index in [2.05, 4.69) is 20.9 Å². The van der Waals surface area contributed by atoms with Crippen molar-refractivity contribution in [3.63, 3.8) is 0 Å². The van der Waals surface area contributed by atoms with Gasteiger partial charge in [0.2, 0.25) is 10.0 Å². The van der Waals surface area contributed by atoms with Crippen molar-refractivity contribution >= 4 is 57.8 Å². The van der Waals surface area contributed by atoms with Crippen LogP contribution in [-0.4, -0.2) is 86.9 Å². The van der Waals surface area contributed by atoms with Crippen LogP contribution in [-0.2, 0) is 14.8 Å². The molecule has 1 saturated heterocycles. The van der Waals surface area contributed by atoms with Crippen molar-refractivity contribution in [2.45, 2.75) is 39.7 Å². The van der Waals surface area contributed by atoms with Gasteiger partial charge in [-0.15, -0.1) is 24.0 Å². The molecule has 0 atom stereocenters. The van der Waals surface area contributed by atoms with Gasteiger partial charge in [-0.1, -0.05) is 0 Å². The fraction of sp³-hybridized carbons (Fsp3) is 0.882. The number of rotatable bonds is 9. The second kappa shape index (κ2) is 14.5. The fourth-order valence-corrected chi connectivity index (χ4v) is 4.86. The molecule has 29 heavy (non-hydrogen) atoms. The number of carbonyl (C=O) groups excluding carboxylic acids is 1. The monoisotopic (exact) mass is 565 g/mol. The van der Waals surface area contributed by atoms with Gasteiger partial charge in [0.05, 0.1) is 5.75 Å². The summed E-state index contributed by atoms with van der Waals surface area (Å²) in [6.07, 6.45) is 0.211. The molecule has 0 saturated carbocycles. The number of amides is 1. The number of hydrogen-bond acceptors (Lipinski definition) is 6. The van der Waals surface area contributed by atoms with Crippen molar-refractivity contribution in [1.82, 2.24) is 20.3 Å². The Labute approximate surface area is 196 Å². The van der Waals surface area contributed by atoms with Gasteiger partial charge in [-0.25, -0.2) is 17.5 Å². The third-order valence-corrected chi connectivity index (χ3v) is 6.45. The summed E-state index contributed by atoms with van der Waals surface area (Å²) in [7, 11) is -3.23. The van der Waals surface area contributed by atoms with Gasteiger partial charge >= 0.3 is 6.09 Å². The lowest BCUT2D eigenvalue weighted by Gasteiger charge is -2.25. The molecule has 1 aliphatic heterocycles. The zero-order valence-electron chi connectivity index (χ0n) is 17.8. The maximum absolute atomic E-state index is 12.4. The highest BCUT2D eigenvalue weighted by molar-refractivity contribution is 14.0. The van der Waals surface area contributed by atoms with Crippen molar-refractivity contribution in [1.29, 1.82) is 0 Å². The summed E-state index contributed by atoms with van der Waals surface area (Å²) in [5.41, 5.74) is -0.516. The lowest BCUT2D eigenvalue weighted by Crippen LogP contribution is -2.44. The van der Waals surface area contributed by atoms with Gasteiger partial charge in [-0.2, -0.15) is 11.8 Å². The molecular weight excluding hydrogens is 529 g/mol. The van der Waals surface area contributed by atoms with Crippen LogP contribution in [0.5, 0.6) is 0 Å². The Morgan fingerprint density at radius 1 is 1.14 bits per heavy atom. The van der Waals surface area contributed by atoms with E-state index in [4.69, 9.17) is 4.74 Å². The van der Waals surface area contributed by atoms with Crippen molar-refractivity contribution in [3.05, 3.63) is 0 Å². The van der Waals surface area contributed by atoms with Gasteiger partial charge in [0.15, 0.2) is 5.96 Å². The van der Waals surface area contributed by atoms with Gasteiger partial charge in [0.25, 0.3) is 0 Å². The van der Waals surface area contributed by atoms with Gasteiger partial charge in [0.1, 0.15) is 5.60 Å². The molecule has 12 heteroatoms.